The van der Waals surface area contributed by atoms with Crippen LogP contribution in [0.4, 0.5) is 0 Å². The largest absolute Gasteiger partial charge is 0.368 e. The van der Waals surface area contributed by atoms with E-state index in [9.17, 15) is 0 Å². The quantitative estimate of drug-likeness (QED) is 0.735. The number of benzene rings is 2. The predicted molar refractivity (Wildman–Crippen MR) is 97.4 cm³/mol. The number of aromatic nitrogens is 1. The van der Waals surface area contributed by atoms with Crippen LogP contribution in [0.25, 0.3) is 22.2 Å². The molecule has 116 valence electrons. The lowest BCUT2D eigenvalue weighted by atomic mass is 9.98. The summed E-state index contributed by atoms with van der Waals surface area (Å²) >= 11 is 0. The van der Waals surface area contributed by atoms with Crippen LogP contribution in [0.3, 0.4) is 0 Å². The molecule has 0 spiro atoms. The molecule has 0 aliphatic carbocycles. The van der Waals surface area contributed by atoms with Gasteiger partial charge in [-0.15, -0.1) is 0 Å². The molecule has 2 N–H and O–H groups in total. The van der Waals surface area contributed by atoms with Gasteiger partial charge in [0.1, 0.15) is 5.84 Å². The minimum atomic E-state index is 0.847. The molecule has 4 rings (SSSR count). The van der Waals surface area contributed by atoms with Crippen LogP contribution in [-0.4, -0.2) is 23.9 Å². The first-order valence-corrected chi connectivity index (χ1v) is 8.12. The molecule has 0 fully saturated rings. The normalized spacial score (nSPS) is 14.1. The Balaban J connectivity index is 2.06. The van der Waals surface area contributed by atoms with Crippen LogP contribution >= 0.6 is 0 Å². The van der Waals surface area contributed by atoms with Gasteiger partial charge >= 0.3 is 0 Å². The second kappa shape index (κ2) is 5.27. The van der Waals surface area contributed by atoms with Crippen molar-refractivity contribution in [3.05, 3.63) is 58.7 Å². The Morgan fingerprint density at radius 2 is 1.74 bits per heavy atom. The first-order chi connectivity index (χ1) is 11.1. The summed E-state index contributed by atoms with van der Waals surface area (Å²) in [5, 5.41) is 4.69. The van der Waals surface area contributed by atoms with E-state index in [1.165, 1.54) is 38.9 Å². The average molecular weight is 303 g/mol. The highest BCUT2D eigenvalue weighted by molar-refractivity contribution is 6.15. The summed E-state index contributed by atoms with van der Waals surface area (Å²) in [6.45, 7) is 8.21. The van der Waals surface area contributed by atoms with Crippen LogP contribution in [-0.2, 0) is 0 Å². The number of hydrogen-bond donors (Lipinski definition) is 2. The van der Waals surface area contributed by atoms with Crippen molar-refractivity contribution in [3.8, 4) is 11.3 Å². The van der Waals surface area contributed by atoms with E-state index in [-0.39, 0.29) is 0 Å². The van der Waals surface area contributed by atoms with E-state index in [1.54, 1.807) is 0 Å². The van der Waals surface area contributed by atoms with Crippen molar-refractivity contribution < 1.29 is 0 Å². The standard InChI is InChI=1S/C20H21N3/c1-12-4-6-14(3)15(10-12)19-18(20-21-8-9-22-20)16-11-13(2)5-7-17(16)23-19/h4-7,10-11,23H,8-9H2,1-3H3,(H,21,22). The Labute approximate surface area is 136 Å². The number of nitrogens with zero attached hydrogens (tertiary/aromatic N) is 1. The molecule has 3 aromatic rings. The molecule has 1 aliphatic heterocycles. The third-order valence-corrected chi connectivity index (χ3v) is 4.53. The lowest BCUT2D eigenvalue weighted by molar-refractivity contribution is 0.960. The molecule has 3 nitrogen and oxygen atoms in total. The van der Waals surface area contributed by atoms with Crippen LogP contribution in [0.5, 0.6) is 0 Å². The van der Waals surface area contributed by atoms with Crippen molar-refractivity contribution in [2.24, 2.45) is 4.99 Å². The number of nitrogens with one attached hydrogen (secondary N) is 2. The van der Waals surface area contributed by atoms with Gasteiger partial charge in [-0.2, -0.15) is 0 Å². The van der Waals surface area contributed by atoms with Crippen molar-refractivity contribution in [2.45, 2.75) is 20.8 Å². The monoisotopic (exact) mass is 303 g/mol. The van der Waals surface area contributed by atoms with E-state index in [2.05, 4.69) is 72.5 Å². The molecule has 0 radical (unpaired) electrons. The smallest absolute Gasteiger partial charge is 0.131 e. The van der Waals surface area contributed by atoms with Crippen LogP contribution in [0.2, 0.25) is 0 Å². The fraction of sp³-hybridized carbons (Fsp3) is 0.250. The van der Waals surface area contributed by atoms with Gasteiger partial charge in [0.15, 0.2) is 0 Å². The summed E-state index contributed by atoms with van der Waals surface area (Å²) in [6, 6.07) is 13.2. The second-order valence-corrected chi connectivity index (χ2v) is 6.40. The average Bonchev–Trinajstić information content (AvgIpc) is 3.16. The van der Waals surface area contributed by atoms with Gasteiger partial charge in [0, 0.05) is 28.6 Å². The van der Waals surface area contributed by atoms with E-state index in [4.69, 9.17) is 0 Å². The summed E-state index contributed by atoms with van der Waals surface area (Å²) in [5.41, 5.74) is 8.60. The van der Waals surface area contributed by atoms with Gasteiger partial charge in [0.25, 0.3) is 0 Å². The van der Waals surface area contributed by atoms with Gasteiger partial charge in [0.2, 0.25) is 0 Å². The summed E-state index contributed by atoms with van der Waals surface area (Å²) < 4.78 is 0. The van der Waals surface area contributed by atoms with E-state index < -0.39 is 0 Å². The zero-order valence-electron chi connectivity index (χ0n) is 13.8. The van der Waals surface area contributed by atoms with Gasteiger partial charge in [-0.1, -0.05) is 29.3 Å². The van der Waals surface area contributed by atoms with Crippen LogP contribution in [0.15, 0.2) is 41.4 Å². The number of amidine groups is 1. The molecular weight excluding hydrogens is 282 g/mol. The molecule has 23 heavy (non-hydrogen) atoms. The molecule has 1 aromatic heterocycles. The van der Waals surface area contributed by atoms with Gasteiger partial charge in [-0.3, -0.25) is 4.99 Å². The highest BCUT2D eigenvalue weighted by Crippen LogP contribution is 2.33. The lowest BCUT2D eigenvalue weighted by Gasteiger charge is -2.10. The number of rotatable bonds is 2. The topological polar surface area (TPSA) is 40.2 Å². The third-order valence-electron chi connectivity index (χ3n) is 4.53. The maximum atomic E-state index is 4.68. The molecule has 0 saturated heterocycles. The lowest BCUT2D eigenvalue weighted by Crippen LogP contribution is -2.20. The van der Waals surface area contributed by atoms with Gasteiger partial charge in [0.05, 0.1) is 12.2 Å². The number of H-pyrrole nitrogens is 1. The molecule has 0 amide bonds. The number of aliphatic imine (C=N–C) groups is 1. The maximum absolute atomic E-state index is 4.68. The fourth-order valence-corrected chi connectivity index (χ4v) is 3.32. The van der Waals surface area contributed by atoms with Gasteiger partial charge < -0.3 is 10.3 Å². The van der Waals surface area contributed by atoms with Gasteiger partial charge in [-0.05, 0) is 44.5 Å². The number of aromatic amines is 1. The number of fused-ring (bicyclic) bond motifs is 1. The Bertz CT molecular complexity index is 931. The zero-order chi connectivity index (χ0) is 16.0. The van der Waals surface area contributed by atoms with Crippen molar-refractivity contribution in [3.63, 3.8) is 0 Å². The molecular formula is C20H21N3. The predicted octanol–water partition coefficient (Wildman–Crippen LogP) is 4.11. The second-order valence-electron chi connectivity index (χ2n) is 6.40. The van der Waals surface area contributed by atoms with Crippen molar-refractivity contribution in [1.29, 1.82) is 0 Å². The Morgan fingerprint density at radius 3 is 2.52 bits per heavy atom. The Hall–Kier alpha value is -2.55. The summed E-state index contributed by atoms with van der Waals surface area (Å²) in [4.78, 5) is 8.31. The first kappa shape index (κ1) is 14.1. The molecule has 2 aromatic carbocycles. The van der Waals surface area contributed by atoms with Gasteiger partial charge in [-0.25, -0.2) is 0 Å². The highest BCUT2D eigenvalue weighted by atomic mass is 15.1. The summed E-state index contributed by atoms with van der Waals surface area (Å²) in [7, 11) is 0. The van der Waals surface area contributed by atoms with Crippen molar-refractivity contribution in [1.82, 2.24) is 10.3 Å². The maximum Gasteiger partial charge on any atom is 0.131 e. The van der Waals surface area contributed by atoms with Crippen LogP contribution in [0, 0.1) is 20.8 Å². The molecule has 2 heterocycles. The third kappa shape index (κ3) is 2.33. The van der Waals surface area contributed by atoms with E-state index in [0.29, 0.717) is 0 Å². The number of hydrogen-bond acceptors (Lipinski definition) is 2. The van der Waals surface area contributed by atoms with Crippen molar-refractivity contribution >= 4 is 16.7 Å². The molecule has 1 aliphatic rings. The molecule has 0 atom stereocenters. The fourth-order valence-electron chi connectivity index (χ4n) is 3.32. The van der Waals surface area contributed by atoms with Crippen LogP contribution in [0.1, 0.15) is 22.3 Å². The van der Waals surface area contributed by atoms with E-state index in [0.717, 1.165) is 24.4 Å². The molecule has 3 heteroatoms. The Morgan fingerprint density at radius 1 is 0.957 bits per heavy atom. The summed E-state index contributed by atoms with van der Waals surface area (Å²) in [5.74, 6) is 1.01. The van der Waals surface area contributed by atoms with Crippen molar-refractivity contribution in [2.75, 3.05) is 13.1 Å². The molecule has 0 unspecified atom stereocenters. The highest BCUT2D eigenvalue weighted by Gasteiger charge is 2.21. The SMILES string of the molecule is Cc1ccc(C)c(-c2[nH]c3ccc(C)cc3c2C2=NCCN2)c1. The molecule has 0 bridgehead atoms. The Kier molecular flexibility index (Phi) is 3.22. The van der Waals surface area contributed by atoms with Crippen LogP contribution < -0.4 is 5.32 Å². The van der Waals surface area contributed by atoms with E-state index >= 15 is 0 Å². The minimum absolute atomic E-state index is 0.847. The first-order valence-electron chi connectivity index (χ1n) is 8.12. The minimum Gasteiger partial charge on any atom is -0.368 e. The summed E-state index contributed by atoms with van der Waals surface area (Å²) in [6.07, 6.45) is 0. The molecule has 0 saturated carbocycles. The number of aryl methyl sites for hydroxylation is 3. The van der Waals surface area contributed by atoms with E-state index in [1.807, 2.05) is 0 Å². The zero-order valence-corrected chi connectivity index (χ0v) is 13.8.